The fraction of sp³-hybridized carbons (Fsp3) is 0.533. The van der Waals surface area contributed by atoms with Crippen molar-refractivity contribution in [1.82, 2.24) is 4.90 Å². The van der Waals surface area contributed by atoms with Crippen LogP contribution >= 0.6 is 11.6 Å². The summed E-state index contributed by atoms with van der Waals surface area (Å²) in [4.78, 5) is 13.6. The highest BCUT2D eigenvalue weighted by molar-refractivity contribution is 6.30. The molecule has 1 atom stereocenters. The van der Waals surface area contributed by atoms with E-state index in [4.69, 9.17) is 23.1 Å². The van der Waals surface area contributed by atoms with Crippen LogP contribution in [0.15, 0.2) is 24.3 Å². The van der Waals surface area contributed by atoms with Gasteiger partial charge < -0.3 is 11.5 Å². The molecule has 1 unspecified atom stereocenters. The fourth-order valence-corrected chi connectivity index (χ4v) is 3.18. The minimum Gasteiger partial charge on any atom is -0.369 e. The third kappa shape index (κ3) is 3.72. The Morgan fingerprint density at radius 1 is 1.30 bits per heavy atom. The van der Waals surface area contributed by atoms with Crippen molar-refractivity contribution < 1.29 is 4.79 Å². The summed E-state index contributed by atoms with van der Waals surface area (Å²) >= 11 is 5.93. The highest BCUT2D eigenvalue weighted by Gasteiger charge is 2.29. The van der Waals surface area contributed by atoms with Gasteiger partial charge >= 0.3 is 0 Å². The van der Waals surface area contributed by atoms with E-state index in [0.29, 0.717) is 17.6 Å². The fourth-order valence-electron chi connectivity index (χ4n) is 3.06. The van der Waals surface area contributed by atoms with Gasteiger partial charge in [0, 0.05) is 23.7 Å². The van der Waals surface area contributed by atoms with Crippen molar-refractivity contribution in [3.05, 3.63) is 34.9 Å². The molecule has 0 aliphatic heterocycles. The van der Waals surface area contributed by atoms with E-state index in [1.54, 1.807) is 0 Å². The van der Waals surface area contributed by atoms with Crippen LogP contribution in [0.2, 0.25) is 5.02 Å². The molecule has 1 fully saturated rings. The van der Waals surface area contributed by atoms with E-state index in [2.05, 4.69) is 4.90 Å². The number of carbonyl (C=O) groups excluding carboxylic acids is 1. The lowest BCUT2D eigenvalue weighted by atomic mass is 10.0. The minimum atomic E-state index is -0.302. The number of hydrogen-bond acceptors (Lipinski definition) is 3. The molecule has 1 aliphatic carbocycles. The van der Waals surface area contributed by atoms with Gasteiger partial charge in [0.25, 0.3) is 0 Å². The summed E-state index contributed by atoms with van der Waals surface area (Å²) < 4.78 is 0. The van der Waals surface area contributed by atoms with Crippen molar-refractivity contribution in [3.8, 4) is 0 Å². The lowest BCUT2D eigenvalue weighted by Crippen LogP contribution is -2.44. The molecule has 0 radical (unpaired) electrons. The Hall–Kier alpha value is -1.10. The summed E-state index contributed by atoms with van der Waals surface area (Å²) in [6.45, 7) is 0.723. The van der Waals surface area contributed by atoms with Crippen molar-refractivity contribution in [2.24, 2.45) is 11.5 Å². The Morgan fingerprint density at radius 3 is 2.40 bits per heavy atom. The van der Waals surface area contributed by atoms with Gasteiger partial charge in [0.1, 0.15) is 0 Å². The zero-order chi connectivity index (χ0) is 14.5. The molecule has 0 saturated heterocycles. The Bertz CT molecular complexity index is 443. The molecule has 5 heteroatoms. The van der Waals surface area contributed by atoms with Gasteiger partial charge in [-0.15, -0.1) is 0 Å². The first-order chi connectivity index (χ1) is 9.61. The van der Waals surface area contributed by atoms with Crippen LogP contribution < -0.4 is 11.5 Å². The zero-order valence-electron chi connectivity index (χ0n) is 11.6. The SMILES string of the molecule is NCC(c1ccc(Cl)cc1)N(CC(N)=O)C1CCCC1. The maximum atomic E-state index is 11.4. The summed E-state index contributed by atoms with van der Waals surface area (Å²) in [6.07, 6.45) is 4.63. The summed E-state index contributed by atoms with van der Waals surface area (Å²) in [6, 6.07) is 8.08. The molecule has 4 N–H and O–H groups in total. The second-order valence-corrected chi connectivity index (χ2v) is 5.82. The molecule has 20 heavy (non-hydrogen) atoms. The number of amides is 1. The highest BCUT2D eigenvalue weighted by atomic mass is 35.5. The Morgan fingerprint density at radius 2 is 1.90 bits per heavy atom. The molecule has 1 amide bonds. The summed E-state index contributed by atoms with van der Waals surface area (Å²) in [7, 11) is 0. The molecule has 0 heterocycles. The van der Waals surface area contributed by atoms with Gasteiger partial charge in [0.15, 0.2) is 0 Å². The van der Waals surface area contributed by atoms with E-state index in [-0.39, 0.29) is 18.5 Å². The number of benzene rings is 1. The van der Waals surface area contributed by atoms with Crippen LogP contribution in [-0.4, -0.2) is 29.9 Å². The molecule has 1 aromatic rings. The average molecular weight is 296 g/mol. The molecular formula is C15H22ClN3O. The van der Waals surface area contributed by atoms with Gasteiger partial charge in [-0.25, -0.2) is 0 Å². The second kappa shape index (κ2) is 7.07. The van der Waals surface area contributed by atoms with Crippen molar-refractivity contribution in [2.75, 3.05) is 13.1 Å². The quantitative estimate of drug-likeness (QED) is 0.844. The van der Waals surface area contributed by atoms with E-state index in [1.165, 1.54) is 12.8 Å². The normalized spacial score (nSPS) is 17.6. The van der Waals surface area contributed by atoms with Crippen LogP contribution in [0.25, 0.3) is 0 Å². The smallest absolute Gasteiger partial charge is 0.231 e. The molecule has 110 valence electrons. The van der Waals surface area contributed by atoms with Crippen molar-refractivity contribution in [1.29, 1.82) is 0 Å². The van der Waals surface area contributed by atoms with E-state index < -0.39 is 0 Å². The number of carbonyl (C=O) groups is 1. The van der Waals surface area contributed by atoms with Gasteiger partial charge in [0.05, 0.1) is 6.54 Å². The van der Waals surface area contributed by atoms with Crippen molar-refractivity contribution in [3.63, 3.8) is 0 Å². The topological polar surface area (TPSA) is 72.3 Å². The Balaban J connectivity index is 2.23. The van der Waals surface area contributed by atoms with E-state index >= 15 is 0 Å². The van der Waals surface area contributed by atoms with Gasteiger partial charge in [0.2, 0.25) is 5.91 Å². The number of halogens is 1. The maximum absolute atomic E-state index is 11.4. The molecule has 1 aromatic carbocycles. The van der Waals surface area contributed by atoms with Crippen LogP contribution in [0, 0.1) is 0 Å². The second-order valence-electron chi connectivity index (χ2n) is 5.38. The maximum Gasteiger partial charge on any atom is 0.231 e. The number of rotatable bonds is 6. The summed E-state index contributed by atoms with van der Waals surface area (Å²) in [5.41, 5.74) is 12.5. The lowest BCUT2D eigenvalue weighted by molar-refractivity contribution is -0.120. The van der Waals surface area contributed by atoms with E-state index in [9.17, 15) is 4.79 Å². The van der Waals surface area contributed by atoms with Crippen LogP contribution in [0.5, 0.6) is 0 Å². The average Bonchev–Trinajstić information content (AvgIpc) is 2.94. The first-order valence-corrected chi connectivity index (χ1v) is 7.49. The Kier molecular flexibility index (Phi) is 5.40. The Labute approximate surface area is 125 Å². The first-order valence-electron chi connectivity index (χ1n) is 7.11. The van der Waals surface area contributed by atoms with Crippen LogP contribution in [0.3, 0.4) is 0 Å². The molecule has 1 saturated carbocycles. The molecule has 0 spiro atoms. The number of hydrogen-bond donors (Lipinski definition) is 2. The van der Waals surface area contributed by atoms with Crippen LogP contribution in [-0.2, 0) is 4.79 Å². The van der Waals surface area contributed by atoms with Gasteiger partial charge in [-0.1, -0.05) is 36.6 Å². The molecule has 1 aliphatic rings. The van der Waals surface area contributed by atoms with Crippen LogP contribution in [0.1, 0.15) is 37.3 Å². The predicted octanol–water partition coefficient (Wildman–Crippen LogP) is 2.07. The van der Waals surface area contributed by atoms with Gasteiger partial charge in [-0.2, -0.15) is 0 Å². The number of nitrogens with zero attached hydrogens (tertiary/aromatic N) is 1. The molecule has 2 rings (SSSR count). The number of nitrogens with two attached hydrogens (primary N) is 2. The summed E-state index contributed by atoms with van der Waals surface area (Å²) in [5.74, 6) is -0.302. The van der Waals surface area contributed by atoms with E-state index in [0.717, 1.165) is 18.4 Å². The van der Waals surface area contributed by atoms with Gasteiger partial charge in [-0.05, 0) is 30.5 Å². The zero-order valence-corrected chi connectivity index (χ0v) is 12.4. The minimum absolute atomic E-state index is 0.0165. The number of primary amides is 1. The molecule has 0 bridgehead atoms. The van der Waals surface area contributed by atoms with Gasteiger partial charge in [-0.3, -0.25) is 9.69 Å². The third-order valence-electron chi connectivity index (χ3n) is 4.01. The molecular weight excluding hydrogens is 274 g/mol. The molecule has 4 nitrogen and oxygen atoms in total. The van der Waals surface area contributed by atoms with E-state index in [1.807, 2.05) is 24.3 Å². The highest BCUT2D eigenvalue weighted by Crippen LogP contribution is 2.30. The predicted molar refractivity (Wildman–Crippen MR) is 81.4 cm³/mol. The molecule has 0 aromatic heterocycles. The monoisotopic (exact) mass is 295 g/mol. The lowest BCUT2D eigenvalue weighted by Gasteiger charge is -2.35. The largest absolute Gasteiger partial charge is 0.369 e. The third-order valence-corrected chi connectivity index (χ3v) is 4.26. The van der Waals surface area contributed by atoms with Crippen molar-refractivity contribution in [2.45, 2.75) is 37.8 Å². The van der Waals surface area contributed by atoms with Crippen molar-refractivity contribution >= 4 is 17.5 Å². The summed E-state index contributed by atoms with van der Waals surface area (Å²) in [5, 5.41) is 0.701. The standard InChI is InChI=1S/C15H22ClN3O/c16-12-7-5-11(6-8-12)14(9-17)19(10-15(18)20)13-3-1-2-4-13/h5-8,13-14H,1-4,9-10,17H2,(H2,18,20). The first kappa shape index (κ1) is 15.3. The van der Waals surface area contributed by atoms with Crippen LogP contribution in [0.4, 0.5) is 0 Å².